The van der Waals surface area contributed by atoms with Gasteiger partial charge in [-0.15, -0.1) is 0 Å². The molecule has 36 heavy (non-hydrogen) atoms. The van der Waals surface area contributed by atoms with E-state index in [1.807, 2.05) is 0 Å². The maximum absolute atomic E-state index is 12.0. The normalized spacial score (nSPS) is 11.4. The van der Waals surface area contributed by atoms with Gasteiger partial charge in [-0.25, -0.2) is 0 Å². The first kappa shape index (κ1) is 35.4. The molecule has 0 amide bonds. The first-order chi connectivity index (χ1) is 17.7. The molecule has 0 aromatic carbocycles. The molecular weight excluding hydrogens is 446 g/mol. The van der Waals surface area contributed by atoms with Crippen LogP contribution >= 0.6 is 0 Å². The van der Waals surface area contributed by atoms with Crippen LogP contribution < -0.4 is 0 Å². The van der Waals surface area contributed by atoms with Crippen LogP contribution in [0.3, 0.4) is 0 Å². The molecular formula is C32H65NO3. The summed E-state index contributed by atoms with van der Waals surface area (Å²) in [6.07, 6.45) is 31.1. The first-order valence-electron chi connectivity index (χ1n) is 16.2. The molecule has 0 aliphatic rings. The average molecular weight is 512 g/mol. The number of aliphatic hydroxyl groups is 1. The van der Waals surface area contributed by atoms with Gasteiger partial charge in [0.1, 0.15) is 6.61 Å². The van der Waals surface area contributed by atoms with Gasteiger partial charge in [-0.2, -0.15) is 0 Å². The summed E-state index contributed by atoms with van der Waals surface area (Å²) in [6, 6.07) is 0. The molecule has 4 nitrogen and oxygen atoms in total. The molecule has 0 aromatic rings. The third kappa shape index (κ3) is 28.0. The SMILES string of the molecule is CCCCCCCCCCCCCCCCN(CCO)CCOC(=O)CCCCCCCCCCC. The van der Waals surface area contributed by atoms with Crippen molar-refractivity contribution in [3.05, 3.63) is 0 Å². The van der Waals surface area contributed by atoms with E-state index in [0.29, 0.717) is 19.6 Å². The second kappa shape index (κ2) is 30.6. The van der Waals surface area contributed by atoms with E-state index in [-0.39, 0.29) is 12.6 Å². The second-order valence-corrected chi connectivity index (χ2v) is 11.0. The third-order valence-electron chi connectivity index (χ3n) is 7.40. The van der Waals surface area contributed by atoms with E-state index in [4.69, 9.17) is 4.74 Å². The Labute approximate surface area is 226 Å². The van der Waals surface area contributed by atoms with Gasteiger partial charge in [-0.1, -0.05) is 149 Å². The lowest BCUT2D eigenvalue weighted by atomic mass is 10.0. The number of carbonyl (C=O) groups excluding carboxylic acids is 1. The van der Waals surface area contributed by atoms with E-state index in [2.05, 4.69) is 18.7 Å². The van der Waals surface area contributed by atoms with Crippen molar-refractivity contribution in [1.29, 1.82) is 0 Å². The maximum atomic E-state index is 12.0. The topological polar surface area (TPSA) is 49.8 Å². The fourth-order valence-corrected chi connectivity index (χ4v) is 4.95. The van der Waals surface area contributed by atoms with Gasteiger partial charge in [0.2, 0.25) is 0 Å². The standard InChI is InChI=1S/C32H65NO3/c1-3-5-7-9-11-13-14-15-16-17-19-21-23-25-27-33(28-30-34)29-31-36-32(35)26-24-22-20-18-12-10-8-6-4-2/h34H,3-31H2,1-2H3. The van der Waals surface area contributed by atoms with Crippen molar-refractivity contribution in [2.75, 3.05) is 32.8 Å². The zero-order chi connectivity index (χ0) is 26.4. The molecule has 0 saturated carbocycles. The van der Waals surface area contributed by atoms with E-state index >= 15 is 0 Å². The summed E-state index contributed by atoms with van der Waals surface area (Å²) in [5, 5.41) is 9.36. The Morgan fingerprint density at radius 1 is 0.528 bits per heavy atom. The molecule has 216 valence electrons. The maximum Gasteiger partial charge on any atom is 0.305 e. The lowest BCUT2D eigenvalue weighted by Gasteiger charge is -2.21. The lowest BCUT2D eigenvalue weighted by molar-refractivity contribution is -0.144. The number of hydrogen-bond donors (Lipinski definition) is 1. The number of hydrogen-bond acceptors (Lipinski definition) is 4. The smallest absolute Gasteiger partial charge is 0.305 e. The van der Waals surface area contributed by atoms with Crippen molar-refractivity contribution in [3.8, 4) is 0 Å². The van der Waals surface area contributed by atoms with Gasteiger partial charge in [0.25, 0.3) is 0 Å². The Morgan fingerprint density at radius 2 is 0.917 bits per heavy atom. The highest BCUT2D eigenvalue weighted by atomic mass is 16.5. The van der Waals surface area contributed by atoms with Gasteiger partial charge in [0.05, 0.1) is 6.61 Å². The van der Waals surface area contributed by atoms with Crippen molar-refractivity contribution in [1.82, 2.24) is 4.90 Å². The van der Waals surface area contributed by atoms with Gasteiger partial charge in [-0.3, -0.25) is 9.69 Å². The summed E-state index contributed by atoms with van der Waals surface area (Å²) in [4.78, 5) is 14.2. The monoisotopic (exact) mass is 511 g/mol. The fourth-order valence-electron chi connectivity index (χ4n) is 4.95. The van der Waals surface area contributed by atoms with Crippen LogP contribution in [0.2, 0.25) is 0 Å². The average Bonchev–Trinajstić information content (AvgIpc) is 2.88. The summed E-state index contributed by atoms with van der Waals surface area (Å²) in [5.41, 5.74) is 0. The predicted molar refractivity (Wildman–Crippen MR) is 157 cm³/mol. The Balaban J connectivity index is 3.51. The summed E-state index contributed by atoms with van der Waals surface area (Å²) in [6.45, 7) is 7.57. The van der Waals surface area contributed by atoms with Crippen molar-refractivity contribution in [2.45, 2.75) is 168 Å². The molecule has 0 saturated heterocycles. The van der Waals surface area contributed by atoms with Crippen LogP contribution in [0.5, 0.6) is 0 Å². The summed E-state index contributed by atoms with van der Waals surface area (Å²) >= 11 is 0. The number of nitrogens with zero attached hydrogens (tertiary/aromatic N) is 1. The second-order valence-electron chi connectivity index (χ2n) is 11.0. The molecule has 0 spiro atoms. The molecule has 0 aromatic heterocycles. The Kier molecular flexibility index (Phi) is 30.1. The van der Waals surface area contributed by atoms with E-state index in [1.54, 1.807) is 0 Å². The molecule has 0 radical (unpaired) electrons. The molecule has 0 aliphatic carbocycles. The minimum Gasteiger partial charge on any atom is -0.464 e. The van der Waals surface area contributed by atoms with Crippen molar-refractivity contribution < 1.29 is 14.6 Å². The number of unbranched alkanes of at least 4 members (excludes halogenated alkanes) is 21. The Hall–Kier alpha value is -0.610. The van der Waals surface area contributed by atoms with Crippen molar-refractivity contribution >= 4 is 5.97 Å². The first-order valence-corrected chi connectivity index (χ1v) is 16.2. The number of esters is 1. The van der Waals surface area contributed by atoms with Crippen molar-refractivity contribution in [2.24, 2.45) is 0 Å². The molecule has 0 aliphatic heterocycles. The number of ether oxygens (including phenoxy) is 1. The van der Waals surface area contributed by atoms with Crippen LogP contribution in [0, 0.1) is 0 Å². The molecule has 0 atom stereocenters. The molecule has 0 rings (SSSR count). The summed E-state index contributed by atoms with van der Waals surface area (Å²) in [7, 11) is 0. The Bertz CT molecular complexity index is 430. The zero-order valence-corrected chi connectivity index (χ0v) is 24.7. The van der Waals surface area contributed by atoms with Crippen LogP contribution in [0.1, 0.15) is 168 Å². The van der Waals surface area contributed by atoms with Crippen LogP contribution in [-0.4, -0.2) is 48.8 Å². The van der Waals surface area contributed by atoms with Crippen LogP contribution in [0.25, 0.3) is 0 Å². The summed E-state index contributed by atoms with van der Waals surface area (Å²) < 4.78 is 5.45. The molecule has 4 heteroatoms. The largest absolute Gasteiger partial charge is 0.464 e. The van der Waals surface area contributed by atoms with E-state index in [0.717, 1.165) is 25.9 Å². The third-order valence-corrected chi connectivity index (χ3v) is 7.40. The van der Waals surface area contributed by atoms with E-state index in [9.17, 15) is 9.90 Å². The number of rotatable bonds is 30. The Morgan fingerprint density at radius 3 is 1.33 bits per heavy atom. The quantitative estimate of drug-likeness (QED) is 0.0771. The van der Waals surface area contributed by atoms with Crippen LogP contribution in [0.15, 0.2) is 0 Å². The van der Waals surface area contributed by atoms with Gasteiger partial charge in [0, 0.05) is 19.5 Å². The lowest BCUT2D eigenvalue weighted by Crippen LogP contribution is -2.32. The fraction of sp³-hybridized carbons (Fsp3) is 0.969. The minimum atomic E-state index is -0.0570. The minimum absolute atomic E-state index is 0.0570. The van der Waals surface area contributed by atoms with Crippen LogP contribution in [-0.2, 0) is 9.53 Å². The highest BCUT2D eigenvalue weighted by molar-refractivity contribution is 5.69. The van der Waals surface area contributed by atoms with Gasteiger partial charge in [0.15, 0.2) is 0 Å². The predicted octanol–water partition coefficient (Wildman–Crippen LogP) is 9.23. The molecule has 0 bridgehead atoms. The molecule has 0 fully saturated rings. The molecule has 0 unspecified atom stereocenters. The van der Waals surface area contributed by atoms with Crippen LogP contribution in [0.4, 0.5) is 0 Å². The van der Waals surface area contributed by atoms with Crippen molar-refractivity contribution in [3.63, 3.8) is 0 Å². The summed E-state index contributed by atoms with van der Waals surface area (Å²) in [5.74, 6) is -0.0570. The zero-order valence-electron chi connectivity index (χ0n) is 24.7. The number of carbonyl (C=O) groups is 1. The van der Waals surface area contributed by atoms with Gasteiger partial charge < -0.3 is 9.84 Å². The highest BCUT2D eigenvalue weighted by Gasteiger charge is 2.07. The molecule has 0 heterocycles. The van der Waals surface area contributed by atoms with Gasteiger partial charge in [-0.05, 0) is 19.4 Å². The molecule has 1 N–H and O–H groups in total. The highest BCUT2D eigenvalue weighted by Crippen LogP contribution is 2.13. The van der Waals surface area contributed by atoms with Gasteiger partial charge >= 0.3 is 5.97 Å². The van der Waals surface area contributed by atoms with E-state index < -0.39 is 0 Å². The number of aliphatic hydroxyl groups excluding tert-OH is 1. The van der Waals surface area contributed by atoms with E-state index in [1.165, 1.54) is 135 Å².